The lowest BCUT2D eigenvalue weighted by Gasteiger charge is -2.62. The van der Waals surface area contributed by atoms with E-state index in [2.05, 4.69) is 34.6 Å². The van der Waals surface area contributed by atoms with Crippen molar-refractivity contribution in [3.05, 3.63) is 0 Å². The lowest BCUT2D eigenvalue weighted by molar-refractivity contribution is -0.288. The molecule has 0 N–H and O–H groups in total. The van der Waals surface area contributed by atoms with Crippen molar-refractivity contribution in [3.8, 4) is 0 Å². The molecule has 2 aliphatic heterocycles. The number of hydrogen-bond donors (Lipinski definition) is 0. The van der Waals surface area contributed by atoms with Crippen molar-refractivity contribution in [2.24, 2.45) is 22.7 Å². The summed E-state index contributed by atoms with van der Waals surface area (Å²) < 4.78 is 12.7. The minimum atomic E-state index is -0.00358. The average molecular weight is 306 g/mol. The molecule has 2 heteroatoms. The van der Waals surface area contributed by atoms with Gasteiger partial charge >= 0.3 is 0 Å². The van der Waals surface area contributed by atoms with Gasteiger partial charge in [0.1, 0.15) is 6.10 Å². The SMILES string of the molecule is CC1(C)CCC[C@]2(C)[C@H]3CC[C@]4(C)OC[C@H]4O[C@]3(C)CC[C@@H]12. The third kappa shape index (κ3) is 1.92. The highest BCUT2D eigenvalue weighted by atomic mass is 16.6. The van der Waals surface area contributed by atoms with Gasteiger partial charge in [0.05, 0.1) is 17.8 Å². The van der Waals surface area contributed by atoms with E-state index in [-0.39, 0.29) is 11.2 Å². The van der Waals surface area contributed by atoms with E-state index < -0.39 is 0 Å². The summed E-state index contributed by atoms with van der Waals surface area (Å²) in [6.45, 7) is 13.1. The van der Waals surface area contributed by atoms with Crippen LogP contribution >= 0.6 is 0 Å². The van der Waals surface area contributed by atoms with Crippen molar-refractivity contribution in [1.82, 2.24) is 0 Å². The largest absolute Gasteiger partial charge is 0.370 e. The van der Waals surface area contributed by atoms with Crippen LogP contribution in [0.25, 0.3) is 0 Å². The normalized spacial score (nSPS) is 56.9. The van der Waals surface area contributed by atoms with Crippen molar-refractivity contribution in [3.63, 3.8) is 0 Å². The highest BCUT2D eigenvalue weighted by molar-refractivity contribution is 5.11. The summed E-state index contributed by atoms with van der Waals surface area (Å²) in [6.07, 6.45) is 9.58. The topological polar surface area (TPSA) is 18.5 Å². The summed E-state index contributed by atoms with van der Waals surface area (Å²) in [5.41, 5.74) is 1.02. The zero-order chi connectivity index (χ0) is 15.8. The van der Waals surface area contributed by atoms with Gasteiger partial charge in [-0.1, -0.05) is 27.2 Å². The van der Waals surface area contributed by atoms with Crippen LogP contribution in [0, 0.1) is 22.7 Å². The van der Waals surface area contributed by atoms with E-state index in [1.54, 1.807) is 0 Å². The highest BCUT2D eigenvalue weighted by Gasteiger charge is 2.62. The van der Waals surface area contributed by atoms with Gasteiger partial charge in [-0.3, -0.25) is 0 Å². The first-order valence-electron chi connectivity index (χ1n) is 9.51. The Hall–Kier alpha value is -0.0800. The lowest BCUT2D eigenvalue weighted by Crippen LogP contribution is -2.61. The van der Waals surface area contributed by atoms with Crippen LogP contribution in [0.4, 0.5) is 0 Å². The highest BCUT2D eigenvalue weighted by Crippen LogP contribution is 2.65. The van der Waals surface area contributed by atoms with E-state index in [0.29, 0.717) is 22.9 Å². The fourth-order valence-electron chi connectivity index (χ4n) is 6.97. The summed E-state index contributed by atoms with van der Waals surface area (Å²) in [7, 11) is 0. The molecule has 0 amide bonds. The molecule has 22 heavy (non-hydrogen) atoms. The van der Waals surface area contributed by atoms with Gasteiger partial charge in [0.15, 0.2) is 0 Å². The van der Waals surface area contributed by atoms with Crippen molar-refractivity contribution >= 4 is 0 Å². The summed E-state index contributed by atoms with van der Waals surface area (Å²) in [5.74, 6) is 1.56. The molecule has 4 rings (SSSR count). The third-order valence-corrected chi connectivity index (χ3v) is 8.32. The predicted octanol–water partition coefficient (Wildman–Crippen LogP) is 4.96. The van der Waals surface area contributed by atoms with Crippen LogP contribution in [0.2, 0.25) is 0 Å². The number of fused-ring (bicyclic) bond motifs is 4. The maximum Gasteiger partial charge on any atom is 0.110 e. The molecule has 2 aliphatic carbocycles. The summed E-state index contributed by atoms with van der Waals surface area (Å²) in [5, 5.41) is 0. The molecular weight excluding hydrogens is 272 g/mol. The second-order valence-electron chi connectivity index (χ2n) is 10.1. The fraction of sp³-hybridized carbons (Fsp3) is 1.00. The molecule has 2 saturated carbocycles. The first-order chi connectivity index (χ1) is 10.2. The van der Waals surface area contributed by atoms with Gasteiger partial charge in [-0.15, -0.1) is 0 Å². The molecule has 2 saturated heterocycles. The second-order valence-corrected chi connectivity index (χ2v) is 10.1. The molecule has 0 radical (unpaired) electrons. The minimum Gasteiger partial charge on any atom is -0.370 e. The Labute approximate surface area is 136 Å². The van der Waals surface area contributed by atoms with Crippen LogP contribution in [0.3, 0.4) is 0 Å². The molecule has 0 bridgehead atoms. The molecule has 0 spiro atoms. The number of hydrogen-bond acceptors (Lipinski definition) is 2. The Kier molecular flexibility index (Phi) is 3.16. The van der Waals surface area contributed by atoms with Crippen molar-refractivity contribution in [1.29, 1.82) is 0 Å². The molecule has 0 aromatic carbocycles. The first kappa shape index (κ1) is 15.4. The second kappa shape index (κ2) is 4.51. The van der Waals surface area contributed by atoms with Gasteiger partial charge < -0.3 is 9.47 Å². The minimum absolute atomic E-state index is 0.00358. The van der Waals surface area contributed by atoms with Gasteiger partial charge in [0.2, 0.25) is 0 Å². The van der Waals surface area contributed by atoms with E-state index in [1.165, 1.54) is 44.9 Å². The summed E-state index contributed by atoms with van der Waals surface area (Å²) in [4.78, 5) is 0. The van der Waals surface area contributed by atoms with Gasteiger partial charge in [-0.25, -0.2) is 0 Å². The maximum absolute atomic E-state index is 6.76. The van der Waals surface area contributed by atoms with E-state index in [1.807, 2.05) is 0 Å². The first-order valence-corrected chi connectivity index (χ1v) is 9.51. The molecular formula is C20H34O2. The maximum atomic E-state index is 6.76. The monoisotopic (exact) mass is 306 g/mol. The standard InChI is InChI=1S/C20H34O2/c1-17(2)9-6-10-18(3)14(17)7-11-19(4)15(18)8-12-20(5)16(22-19)13-21-20/h14-16H,6-13H2,1-5H3/t14-,15+,16+,18-,19+,20-/m0/s1. The van der Waals surface area contributed by atoms with Crippen LogP contribution in [-0.4, -0.2) is 23.9 Å². The van der Waals surface area contributed by atoms with E-state index in [4.69, 9.17) is 9.47 Å². The molecule has 6 atom stereocenters. The Bertz CT molecular complexity index is 472. The van der Waals surface area contributed by atoms with Gasteiger partial charge in [0.25, 0.3) is 0 Å². The van der Waals surface area contributed by atoms with Gasteiger partial charge in [-0.2, -0.15) is 0 Å². The molecule has 4 fully saturated rings. The van der Waals surface area contributed by atoms with E-state index >= 15 is 0 Å². The molecule has 0 unspecified atom stereocenters. The molecule has 2 nitrogen and oxygen atoms in total. The van der Waals surface area contributed by atoms with Crippen LogP contribution in [0.1, 0.15) is 79.6 Å². The van der Waals surface area contributed by atoms with E-state index in [0.717, 1.165) is 12.5 Å². The Morgan fingerprint density at radius 2 is 1.45 bits per heavy atom. The number of ether oxygens (including phenoxy) is 2. The molecule has 126 valence electrons. The quantitative estimate of drug-likeness (QED) is 0.630. The van der Waals surface area contributed by atoms with Crippen LogP contribution < -0.4 is 0 Å². The van der Waals surface area contributed by atoms with Gasteiger partial charge in [0, 0.05) is 0 Å². The van der Waals surface area contributed by atoms with Crippen LogP contribution in [0.15, 0.2) is 0 Å². The third-order valence-electron chi connectivity index (χ3n) is 8.32. The Balaban J connectivity index is 1.70. The van der Waals surface area contributed by atoms with Crippen molar-refractivity contribution < 1.29 is 9.47 Å². The van der Waals surface area contributed by atoms with E-state index in [9.17, 15) is 0 Å². The van der Waals surface area contributed by atoms with Crippen LogP contribution in [-0.2, 0) is 9.47 Å². The van der Waals surface area contributed by atoms with Crippen molar-refractivity contribution in [2.75, 3.05) is 6.61 Å². The molecule has 0 aromatic rings. The summed E-state index contributed by atoms with van der Waals surface area (Å²) in [6, 6.07) is 0. The van der Waals surface area contributed by atoms with Crippen LogP contribution in [0.5, 0.6) is 0 Å². The predicted molar refractivity (Wildman–Crippen MR) is 88.8 cm³/mol. The Morgan fingerprint density at radius 1 is 0.773 bits per heavy atom. The smallest absolute Gasteiger partial charge is 0.110 e. The molecule has 4 aliphatic rings. The van der Waals surface area contributed by atoms with Crippen molar-refractivity contribution in [2.45, 2.75) is 96.9 Å². The lowest BCUT2D eigenvalue weighted by atomic mass is 9.45. The average Bonchev–Trinajstić information content (AvgIpc) is 2.48. The molecule has 2 heterocycles. The zero-order valence-corrected chi connectivity index (χ0v) is 15.2. The van der Waals surface area contributed by atoms with Gasteiger partial charge in [-0.05, 0) is 75.0 Å². The zero-order valence-electron chi connectivity index (χ0n) is 15.2. The molecule has 0 aromatic heterocycles. The number of rotatable bonds is 0. The Morgan fingerprint density at radius 3 is 2.14 bits per heavy atom. The fourth-order valence-corrected chi connectivity index (χ4v) is 6.97. The summed E-state index contributed by atoms with van der Waals surface area (Å²) >= 11 is 0.